The number of thiophene rings is 1. The van der Waals surface area contributed by atoms with Crippen molar-refractivity contribution in [2.75, 3.05) is 13.6 Å². The van der Waals surface area contributed by atoms with Crippen molar-refractivity contribution in [3.05, 3.63) is 35.5 Å². The number of aromatic nitrogens is 2. The third-order valence-corrected chi connectivity index (χ3v) is 5.51. The van der Waals surface area contributed by atoms with Gasteiger partial charge in [-0.3, -0.25) is 9.67 Å². The van der Waals surface area contributed by atoms with Gasteiger partial charge in [0.15, 0.2) is 5.96 Å². The molecule has 0 spiro atoms. The second-order valence-electron chi connectivity index (χ2n) is 4.74. The molecule has 2 rings (SSSR count). The minimum Gasteiger partial charge on any atom is -0.356 e. The molecule has 0 fully saturated rings. The van der Waals surface area contributed by atoms with Crippen molar-refractivity contribution < 1.29 is 8.42 Å². The highest BCUT2D eigenvalue weighted by Gasteiger charge is 2.11. The van der Waals surface area contributed by atoms with E-state index in [9.17, 15) is 8.42 Å². The predicted octanol–water partition coefficient (Wildman–Crippen LogP) is 0.347. The van der Waals surface area contributed by atoms with Crippen LogP contribution in [0.3, 0.4) is 0 Å². The van der Waals surface area contributed by atoms with Crippen LogP contribution in [-0.2, 0) is 23.1 Å². The Hall–Kier alpha value is -1.91. The van der Waals surface area contributed by atoms with E-state index in [2.05, 4.69) is 20.7 Å². The molecular weight excluding hydrogens is 336 g/mol. The number of nitrogens with two attached hydrogens (primary N) is 1. The Bertz CT molecular complexity index is 736. The van der Waals surface area contributed by atoms with Gasteiger partial charge in [-0.1, -0.05) is 0 Å². The van der Waals surface area contributed by atoms with E-state index < -0.39 is 10.0 Å². The highest BCUT2D eigenvalue weighted by Crippen LogP contribution is 2.19. The summed E-state index contributed by atoms with van der Waals surface area (Å²) in [5, 5.41) is 15.6. The number of nitrogens with one attached hydrogen (secondary N) is 2. The lowest BCUT2D eigenvalue weighted by atomic mass is 10.4. The Morgan fingerprint density at radius 1 is 1.43 bits per heavy atom. The molecule has 4 N–H and O–H groups in total. The number of primary sulfonamides is 1. The maximum Gasteiger partial charge on any atom is 0.247 e. The fourth-order valence-corrected chi connectivity index (χ4v) is 3.60. The Kier molecular flexibility index (Phi) is 6.13. The van der Waals surface area contributed by atoms with Crippen LogP contribution >= 0.6 is 11.3 Å². The van der Waals surface area contributed by atoms with E-state index in [-0.39, 0.29) is 4.21 Å². The lowest BCUT2D eigenvalue weighted by Crippen LogP contribution is -2.37. The third kappa shape index (κ3) is 5.66. The molecule has 0 aromatic carbocycles. The molecule has 0 bridgehead atoms. The van der Waals surface area contributed by atoms with Crippen molar-refractivity contribution in [3.63, 3.8) is 0 Å². The van der Waals surface area contributed by atoms with Gasteiger partial charge in [0.2, 0.25) is 10.0 Å². The summed E-state index contributed by atoms with van der Waals surface area (Å²) in [5.74, 6) is 0.663. The Labute approximate surface area is 139 Å². The standard InChI is InChI=1S/C13H20N6O2S2/c1-15-13(16-6-2-8-19-9-3-7-18-19)17-10-11-4-5-12(22-11)23(14,20)21/h3-5,7,9H,2,6,8,10H2,1H3,(H2,14,20,21)(H2,15,16,17). The minimum absolute atomic E-state index is 0.163. The molecule has 2 aromatic heterocycles. The first-order chi connectivity index (χ1) is 11.0. The molecule has 0 aliphatic rings. The lowest BCUT2D eigenvalue weighted by molar-refractivity contribution is 0.570. The van der Waals surface area contributed by atoms with Crippen LogP contribution in [0, 0.1) is 0 Å². The number of aryl methyl sites for hydroxylation is 1. The topological polar surface area (TPSA) is 114 Å². The third-order valence-electron chi connectivity index (χ3n) is 2.99. The minimum atomic E-state index is -3.63. The van der Waals surface area contributed by atoms with Gasteiger partial charge in [-0.05, 0) is 24.6 Å². The first-order valence-corrected chi connectivity index (χ1v) is 9.39. The first-order valence-electron chi connectivity index (χ1n) is 7.02. The number of nitrogens with zero attached hydrogens (tertiary/aromatic N) is 3. The highest BCUT2D eigenvalue weighted by atomic mass is 32.2. The molecule has 23 heavy (non-hydrogen) atoms. The fraction of sp³-hybridized carbons (Fsp3) is 0.385. The smallest absolute Gasteiger partial charge is 0.247 e. The first kappa shape index (κ1) is 17.4. The fourth-order valence-electron chi connectivity index (χ4n) is 1.88. The zero-order chi connectivity index (χ0) is 16.7. The summed E-state index contributed by atoms with van der Waals surface area (Å²) in [5.41, 5.74) is 0. The quantitative estimate of drug-likeness (QED) is 0.376. The molecular formula is C13H20N6O2S2. The molecule has 0 radical (unpaired) electrons. The van der Waals surface area contributed by atoms with E-state index in [1.807, 2.05) is 16.9 Å². The number of rotatable bonds is 7. The van der Waals surface area contributed by atoms with Crippen LogP contribution in [0.1, 0.15) is 11.3 Å². The maximum absolute atomic E-state index is 11.2. The summed E-state index contributed by atoms with van der Waals surface area (Å²) in [7, 11) is -1.94. The van der Waals surface area contributed by atoms with Crippen molar-refractivity contribution in [2.24, 2.45) is 10.1 Å². The van der Waals surface area contributed by atoms with Gasteiger partial charge in [0.1, 0.15) is 4.21 Å². The van der Waals surface area contributed by atoms with Crippen LogP contribution in [-0.4, -0.2) is 37.8 Å². The molecule has 2 aromatic rings. The predicted molar refractivity (Wildman–Crippen MR) is 90.7 cm³/mol. The van der Waals surface area contributed by atoms with Crippen molar-refractivity contribution in [2.45, 2.75) is 23.7 Å². The number of hydrogen-bond acceptors (Lipinski definition) is 5. The molecule has 2 heterocycles. The largest absolute Gasteiger partial charge is 0.356 e. The Balaban J connectivity index is 1.73. The zero-order valence-electron chi connectivity index (χ0n) is 12.8. The normalized spacial score (nSPS) is 12.3. The van der Waals surface area contributed by atoms with E-state index in [0.717, 1.165) is 35.7 Å². The highest BCUT2D eigenvalue weighted by molar-refractivity contribution is 7.91. The van der Waals surface area contributed by atoms with Gasteiger partial charge in [0.05, 0.1) is 6.54 Å². The second kappa shape index (κ2) is 8.09. The van der Waals surface area contributed by atoms with Crippen LogP contribution in [0.2, 0.25) is 0 Å². The van der Waals surface area contributed by atoms with E-state index in [4.69, 9.17) is 5.14 Å². The Morgan fingerprint density at radius 2 is 2.26 bits per heavy atom. The van der Waals surface area contributed by atoms with Gasteiger partial charge in [0, 0.05) is 37.4 Å². The number of hydrogen-bond donors (Lipinski definition) is 3. The number of aliphatic imine (C=N–C) groups is 1. The molecule has 0 saturated heterocycles. The van der Waals surface area contributed by atoms with Gasteiger partial charge in [-0.25, -0.2) is 13.6 Å². The molecule has 0 amide bonds. The molecule has 0 unspecified atom stereocenters. The summed E-state index contributed by atoms with van der Waals surface area (Å²) in [6.45, 7) is 2.07. The zero-order valence-corrected chi connectivity index (χ0v) is 14.4. The SMILES string of the molecule is CN=C(NCCCn1cccn1)NCc1ccc(S(N)(=O)=O)s1. The monoisotopic (exact) mass is 356 g/mol. The average Bonchev–Trinajstić information content (AvgIpc) is 3.17. The maximum atomic E-state index is 11.2. The van der Waals surface area contributed by atoms with Crippen LogP contribution in [0.4, 0.5) is 0 Å². The summed E-state index contributed by atoms with van der Waals surface area (Å²) < 4.78 is 24.5. The van der Waals surface area contributed by atoms with Crippen molar-refractivity contribution >= 4 is 27.3 Å². The lowest BCUT2D eigenvalue weighted by Gasteiger charge is -2.11. The van der Waals surface area contributed by atoms with Gasteiger partial charge in [-0.2, -0.15) is 5.10 Å². The molecule has 0 atom stereocenters. The molecule has 126 valence electrons. The summed E-state index contributed by atoms with van der Waals surface area (Å²) in [4.78, 5) is 5.00. The van der Waals surface area contributed by atoms with Crippen LogP contribution in [0.25, 0.3) is 0 Å². The molecule has 8 nitrogen and oxygen atoms in total. The van der Waals surface area contributed by atoms with Crippen molar-refractivity contribution in [1.82, 2.24) is 20.4 Å². The van der Waals surface area contributed by atoms with Gasteiger partial charge in [0.25, 0.3) is 0 Å². The van der Waals surface area contributed by atoms with E-state index in [0.29, 0.717) is 12.5 Å². The Morgan fingerprint density at radius 3 is 2.87 bits per heavy atom. The van der Waals surface area contributed by atoms with Crippen LogP contribution in [0.15, 0.2) is 39.8 Å². The van der Waals surface area contributed by atoms with Gasteiger partial charge >= 0.3 is 0 Å². The van der Waals surface area contributed by atoms with Crippen molar-refractivity contribution in [1.29, 1.82) is 0 Å². The van der Waals surface area contributed by atoms with Crippen LogP contribution < -0.4 is 15.8 Å². The van der Waals surface area contributed by atoms with Gasteiger partial charge in [-0.15, -0.1) is 11.3 Å². The summed E-state index contributed by atoms with van der Waals surface area (Å²) in [6.07, 6.45) is 4.59. The molecule has 0 aliphatic heterocycles. The van der Waals surface area contributed by atoms with E-state index in [1.165, 1.54) is 6.07 Å². The van der Waals surface area contributed by atoms with Crippen LogP contribution in [0.5, 0.6) is 0 Å². The van der Waals surface area contributed by atoms with E-state index >= 15 is 0 Å². The second-order valence-corrected chi connectivity index (χ2v) is 7.70. The van der Waals surface area contributed by atoms with E-state index in [1.54, 1.807) is 19.3 Å². The summed E-state index contributed by atoms with van der Waals surface area (Å²) >= 11 is 1.15. The number of guanidine groups is 1. The van der Waals surface area contributed by atoms with Gasteiger partial charge < -0.3 is 10.6 Å². The van der Waals surface area contributed by atoms with Crippen molar-refractivity contribution in [3.8, 4) is 0 Å². The molecule has 10 heteroatoms. The average molecular weight is 356 g/mol. The number of sulfonamides is 1. The molecule has 0 saturated carbocycles. The molecule has 0 aliphatic carbocycles. The summed E-state index contributed by atoms with van der Waals surface area (Å²) in [6, 6.07) is 5.14.